The number of carbonyl (C=O) groups excluding carboxylic acids is 1. The van der Waals surface area contributed by atoms with Gasteiger partial charge in [-0.2, -0.15) is 4.31 Å². The molecule has 1 aliphatic heterocycles. The van der Waals surface area contributed by atoms with Gasteiger partial charge in [0.15, 0.2) is 0 Å². The van der Waals surface area contributed by atoms with E-state index in [2.05, 4.69) is 4.98 Å². The van der Waals surface area contributed by atoms with Crippen LogP contribution in [0.5, 0.6) is 0 Å². The molecule has 3 aromatic rings. The third-order valence-corrected chi connectivity index (χ3v) is 8.36. The Hall–Kier alpha value is -2.78. The lowest BCUT2D eigenvalue weighted by Crippen LogP contribution is -2.35. The fourth-order valence-corrected chi connectivity index (χ4v) is 5.97. The molecule has 1 aromatic heterocycles. The van der Waals surface area contributed by atoms with Crippen molar-refractivity contribution < 1.29 is 17.6 Å². The van der Waals surface area contributed by atoms with Gasteiger partial charge in [0, 0.05) is 45.2 Å². The third kappa shape index (κ3) is 4.39. The van der Waals surface area contributed by atoms with Gasteiger partial charge in [-0.3, -0.25) is 4.79 Å². The second-order valence-electron chi connectivity index (χ2n) is 8.25. The smallest absolute Gasteiger partial charge is 0.243 e. The molecule has 0 aliphatic carbocycles. The second kappa shape index (κ2) is 9.23. The van der Waals surface area contributed by atoms with Crippen molar-refractivity contribution in [2.75, 3.05) is 24.5 Å². The van der Waals surface area contributed by atoms with E-state index in [9.17, 15) is 17.6 Å². The lowest BCUT2D eigenvalue weighted by Gasteiger charge is -2.29. The molecule has 0 spiro atoms. The van der Waals surface area contributed by atoms with E-state index in [1.807, 2.05) is 25.5 Å². The second-order valence-corrected chi connectivity index (χ2v) is 10.2. The van der Waals surface area contributed by atoms with E-state index in [0.717, 1.165) is 23.9 Å². The van der Waals surface area contributed by atoms with Crippen LogP contribution in [0, 0.1) is 5.82 Å². The maximum atomic E-state index is 13.8. The zero-order valence-corrected chi connectivity index (χ0v) is 20.0. The predicted molar refractivity (Wildman–Crippen MR) is 126 cm³/mol. The SMILES string of the molecule is CCN(CC)S(=O)(=O)c1ccc2c(c1)nc(CCC(=O)N1CCCc3ccc(F)cc31)n2C. The first-order chi connectivity index (χ1) is 15.8. The van der Waals surface area contributed by atoms with Crippen molar-refractivity contribution in [1.29, 1.82) is 0 Å². The Labute approximate surface area is 193 Å². The van der Waals surface area contributed by atoms with Gasteiger partial charge >= 0.3 is 0 Å². The molecule has 0 bridgehead atoms. The maximum Gasteiger partial charge on any atom is 0.243 e. The summed E-state index contributed by atoms with van der Waals surface area (Å²) in [6.45, 7) is 4.99. The van der Waals surface area contributed by atoms with E-state index in [-0.39, 0.29) is 23.0 Å². The number of aromatic nitrogens is 2. The predicted octanol–water partition coefficient (Wildman–Crippen LogP) is 3.65. The highest BCUT2D eigenvalue weighted by Gasteiger charge is 2.25. The van der Waals surface area contributed by atoms with Gasteiger partial charge < -0.3 is 9.47 Å². The Balaban J connectivity index is 1.55. The van der Waals surface area contributed by atoms with Crippen LogP contribution in [0.15, 0.2) is 41.3 Å². The molecule has 2 aromatic carbocycles. The minimum Gasteiger partial charge on any atom is -0.331 e. The van der Waals surface area contributed by atoms with Gasteiger partial charge in [0.2, 0.25) is 15.9 Å². The number of aryl methyl sites for hydroxylation is 3. The van der Waals surface area contributed by atoms with Crippen molar-refractivity contribution >= 4 is 32.7 Å². The Kier molecular flexibility index (Phi) is 6.54. The monoisotopic (exact) mass is 472 g/mol. The Morgan fingerprint density at radius 2 is 1.91 bits per heavy atom. The fourth-order valence-electron chi connectivity index (χ4n) is 4.49. The number of anilines is 1. The maximum absolute atomic E-state index is 13.8. The molecule has 33 heavy (non-hydrogen) atoms. The number of sulfonamides is 1. The summed E-state index contributed by atoms with van der Waals surface area (Å²) in [7, 11) is -1.72. The molecule has 0 fully saturated rings. The van der Waals surface area contributed by atoms with Gasteiger partial charge in [0.1, 0.15) is 11.6 Å². The number of nitrogens with zero attached hydrogens (tertiary/aromatic N) is 4. The van der Waals surface area contributed by atoms with Crippen LogP contribution in [0.2, 0.25) is 0 Å². The molecule has 176 valence electrons. The largest absolute Gasteiger partial charge is 0.331 e. The molecule has 0 unspecified atom stereocenters. The topological polar surface area (TPSA) is 75.5 Å². The lowest BCUT2D eigenvalue weighted by molar-refractivity contribution is -0.118. The number of amides is 1. The molecule has 2 heterocycles. The van der Waals surface area contributed by atoms with E-state index in [0.29, 0.717) is 43.1 Å². The first-order valence-corrected chi connectivity index (χ1v) is 12.7. The normalized spacial score (nSPS) is 14.2. The third-order valence-electron chi connectivity index (χ3n) is 6.32. The average molecular weight is 473 g/mol. The highest BCUT2D eigenvalue weighted by Crippen LogP contribution is 2.29. The summed E-state index contributed by atoms with van der Waals surface area (Å²) >= 11 is 0. The van der Waals surface area contributed by atoms with Gasteiger partial charge in [-0.25, -0.2) is 17.8 Å². The number of carbonyl (C=O) groups is 1. The van der Waals surface area contributed by atoms with Crippen LogP contribution < -0.4 is 4.90 Å². The van der Waals surface area contributed by atoms with Crippen LogP contribution in [0.1, 0.15) is 38.1 Å². The zero-order chi connectivity index (χ0) is 23.8. The number of hydrogen-bond donors (Lipinski definition) is 0. The molecule has 0 saturated carbocycles. The summed E-state index contributed by atoms with van der Waals surface area (Å²) in [6, 6.07) is 9.57. The summed E-state index contributed by atoms with van der Waals surface area (Å²) < 4.78 is 42.8. The minimum atomic E-state index is -3.58. The van der Waals surface area contributed by atoms with E-state index in [1.54, 1.807) is 29.2 Å². The van der Waals surface area contributed by atoms with Crippen LogP contribution in [0.4, 0.5) is 10.1 Å². The van der Waals surface area contributed by atoms with Crippen LogP contribution in [-0.4, -0.2) is 47.8 Å². The van der Waals surface area contributed by atoms with E-state index in [1.165, 1.54) is 16.4 Å². The van der Waals surface area contributed by atoms with Crippen molar-refractivity contribution in [3.8, 4) is 0 Å². The molecule has 0 N–H and O–H groups in total. The molecule has 0 saturated heterocycles. The Morgan fingerprint density at radius 1 is 1.15 bits per heavy atom. The number of fused-ring (bicyclic) bond motifs is 2. The summed E-state index contributed by atoms with van der Waals surface area (Å²) in [6.07, 6.45) is 2.32. The molecule has 1 aliphatic rings. The van der Waals surface area contributed by atoms with Gasteiger partial charge in [-0.1, -0.05) is 19.9 Å². The molecule has 7 nitrogen and oxygen atoms in total. The summed E-state index contributed by atoms with van der Waals surface area (Å²) in [5.41, 5.74) is 3.03. The number of imidazole rings is 1. The van der Waals surface area contributed by atoms with Crippen LogP contribution in [-0.2, 0) is 34.7 Å². The fraction of sp³-hybridized carbons (Fsp3) is 0.417. The van der Waals surface area contributed by atoms with Gasteiger partial charge in [0.25, 0.3) is 0 Å². The summed E-state index contributed by atoms with van der Waals surface area (Å²) in [4.78, 5) is 19.5. The summed E-state index contributed by atoms with van der Waals surface area (Å²) in [5, 5.41) is 0. The zero-order valence-electron chi connectivity index (χ0n) is 19.2. The van der Waals surface area contributed by atoms with Gasteiger partial charge in [0.05, 0.1) is 15.9 Å². The number of benzene rings is 2. The molecular formula is C24H29FN4O3S. The number of hydrogen-bond acceptors (Lipinski definition) is 4. The minimum absolute atomic E-state index is 0.0709. The van der Waals surface area contributed by atoms with Crippen molar-refractivity contribution in [3.05, 3.63) is 53.6 Å². The molecule has 1 amide bonds. The van der Waals surface area contributed by atoms with Gasteiger partial charge in [-0.15, -0.1) is 0 Å². The van der Waals surface area contributed by atoms with E-state index in [4.69, 9.17) is 0 Å². The molecular weight excluding hydrogens is 443 g/mol. The van der Waals surface area contributed by atoms with Crippen molar-refractivity contribution in [3.63, 3.8) is 0 Å². The quantitative estimate of drug-likeness (QED) is 0.526. The number of rotatable bonds is 7. The number of halogens is 1. The van der Waals surface area contributed by atoms with E-state index < -0.39 is 10.0 Å². The van der Waals surface area contributed by atoms with Gasteiger partial charge in [-0.05, 0) is 48.7 Å². The Morgan fingerprint density at radius 3 is 2.64 bits per heavy atom. The van der Waals surface area contributed by atoms with E-state index >= 15 is 0 Å². The first-order valence-electron chi connectivity index (χ1n) is 11.3. The molecule has 0 radical (unpaired) electrons. The molecule has 4 rings (SSSR count). The Bertz CT molecular complexity index is 1300. The lowest BCUT2D eigenvalue weighted by atomic mass is 10.0. The van der Waals surface area contributed by atoms with Crippen LogP contribution in [0.25, 0.3) is 11.0 Å². The van der Waals surface area contributed by atoms with Crippen LogP contribution >= 0.6 is 0 Å². The first kappa shape index (κ1) is 23.4. The standard InChI is InChI=1S/C24H29FN4O3S/c1-4-28(5-2)33(31,32)19-10-11-21-20(16-19)26-23(27(21)3)12-13-24(30)29-14-6-7-17-8-9-18(25)15-22(17)29/h8-11,15-16H,4-7,12-14H2,1-3H3. The van der Waals surface area contributed by atoms with Crippen molar-refractivity contribution in [2.24, 2.45) is 7.05 Å². The molecule has 0 atom stereocenters. The summed E-state index contributed by atoms with van der Waals surface area (Å²) in [5.74, 6) is 0.282. The highest BCUT2D eigenvalue weighted by atomic mass is 32.2. The van der Waals surface area contributed by atoms with Crippen LogP contribution in [0.3, 0.4) is 0 Å². The average Bonchev–Trinajstić information content (AvgIpc) is 3.12. The van der Waals surface area contributed by atoms with Crippen molar-refractivity contribution in [2.45, 2.75) is 44.4 Å². The highest BCUT2D eigenvalue weighted by molar-refractivity contribution is 7.89. The van der Waals surface area contributed by atoms with Crippen molar-refractivity contribution in [1.82, 2.24) is 13.9 Å². The molecule has 9 heteroatoms.